The summed E-state index contributed by atoms with van der Waals surface area (Å²) in [6.45, 7) is 11.1. The fourth-order valence-electron chi connectivity index (χ4n) is 3.81. The summed E-state index contributed by atoms with van der Waals surface area (Å²) in [5, 5.41) is 6.97. The molecular formula is C17H32N4O2. The van der Waals surface area contributed by atoms with Crippen molar-refractivity contribution in [2.75, 3.05) is 45.9 Å². The van der Waals surface area contributed by atoms with Gasteiger partial charge in [0.25, 0.3) is 0 Å². The SMILES string of the molecule is CCNC(=NCC(C)CN1CCOCC1)NC1CC2CCC1O2. The molecule has 0 aromatic carbocycles. The van der Waals surface area contributed by atoms with Gasteiger partial charge in [0.1, 0.15) is 0 Å². The van der Waals surface area contributed by atoms with Gasteiger partial charge < -0.3 is 20.1 Å². The number of hydrogen-bond acceptors (Lipinski definition) is 4. The van der Waals surface area contributed by atoms with Crippen molar-refractivity contribution in [3.63, 3.8) is 0 Å². The maximum atomic E-state index is 5.93. The summed E-state index contributed by atoms with van der Waals surface area (Å²) in [6.07, 6.45) is 4.40. The van der Waals surface area contributed by atoms with E-state index in [1.165, 1.54) is 12.8 Å². The Labute approximate surface area is 140 Å². The average Bonchev–Trinajstić information content (AvgIpc) is 3.16. The van der Waals surface area contributed by atoms with E-state index in [0.29, 0.717) is 24.2 Å². The molecule has 6 heteroatoms. The summed E-state index contributed by atoms with van der Waals surface area (Å²) in [5.74, 6) is 1.50. The fourth-order valence-corrected chi connectivity index (χ4v) is 3.81. The lowest BCUT2D eigenvalue weighted by atomic mass is 9.96. The molecule has 0 radical (unpaired) electrons. The first-order valence-electron chi connectivity index (χ1n) is 9.25. The van der Waals surface area contributed by atoms with E-state index in [1.807, 2.05) is 0 Å². The van der Waals surface area contributed by atoms with Gasteiger partial charge in [0.15, 0.2) is 5.96 Å². The normalized spacial score (nSPS) is 33.0. The Hall–Kier alpha value is -0.850. The molecular weight excluding hydrogens is 292 g/mol. The van der Waals surface area contributed by atoms with Crippen LogP contribution in [0.25, 0.3) is 0 Å². The predicted octanol–water partition coefficient (Wildman–Crippen LogP) is 0.830. The number of rotatable bonds is 6. The smallest absolute Gasteiger partial charge is 0.191 e. The van der Waals surface area contributed by atoms with Gasteiger partial charge in [-0.1, -0.05) is 6.92 Å². The molecule has 0 saturated carbocycles. The molecule has 3 aliphatic rings. The molecule has 23 heavy (non-hydrogen) atoms. The first-order valence-corrected chi connectivity index (χ1v) is 9.25. The number of aliphatic imine (C=N–C) groups is 1. The lowest BCUT2D eigenvalue weighted by Crippen LogP contribution is -2.47. The largest absolute Gasteiger partial charge is 0.379 e. The Balaban J connectivity index is 1.45. The van der Waals surface area contributed by atoms with Crippen LogP contribution in [-0.2, 0) is 9.47 Å². The fraction of sp³-hybridized carbons (Fsp3) is 0.941. The minimum Gasteiger partial charge on any atom is -0.379 e. The quantitative estimate of drug-likeness (QED) is 0.560. The number of guanidine groups is 1. The van der Waals surface area contributed by atoms with Gasteiger partial charge in [0.05, 0.1) is 31.5 Å². The van der Waals surface area contributed by atoms with Crippen LogP contribution in [0.2, 0.25) is 0 Å². The Morgan fingerprint density at radius 2 is 2.13 bits per heavy atom. The molecule has 3 fully saturated rings. The highest BCUT2D eigenvalue weighted by Crippen LogP contribution is 2.34. The Bertz CT molecular complexity index is 398. The molecule has 3 rings (SSSR count). The van der Waals surface area contributed by atoms with Gasteiger partial charge in [0.2, 0.25) is 0 Å². The Morgan fingerprint density at radius 3 is 2.78 bits per heavy atom. The zero-order chi connectivity index (χ0) is 16.1. The molecule has 2 bridgehead atoms. The molecule has 0 aliphatic carbocycles. The molecule has 0 spiro atoms. The second kappa shape index (κ2) is 8.31. The first kappa shape index (κ1) is 17.0. The van der Waals surface area contributed by atoms with Crippen molar-refractivity contribution in [3.05, 3.63) is 0 Å². The van der Waals surface area contributed by atoms with Gasteiger partial charge in [0, 0.05) is 32.7 Å². The lowest BCUT2D eigenvalue weighted by molar-refractivity contribution is 0.0323. The van der Waals surface area contributed by atoms with Gasteiger partial charge in [-0.3, -0.25) is 9.89 Å². The second-order valence-corrected chi connectivity index (χ2v) is 7.10. The molecule has 0 aromatic heterocycles. The van der Waals surface area contributed by atoms with Crippen LogP contribution in [0.4, 0.5) is 0 Å². The van der Waals surface area contributed by atoms with E-state index in [0.717, 1.165) is 58.3 Å². The van der Waals surface area contributed by atoms with Crippen LogP contribution >= 0.6 is 0 Å². The van der Waals surface area contributed by atoms with Crippen molar-refractivity contribution in [2.24, 2.45) is 10.9 Å². The third kappa shape index (κ3) is 4.81. The van der Waals surface area contributed by atoms with Crippen molar-refractivity contribution >= 4 is 5.96 Å². The molecule has 4 atom stereocenters. The number of nitrogens with one attached hydrogen (secondary N) is 2. The van der Waals surface area contributed by atoms with Crippen LogP contribution in [0.3, 0.4) is 0 Å². The molecule has 3 heterocycles. The Morgan fingerprint density at radius 1 is 1.30 bits per heavy atom. The maximum Gasteiger partial charge on any atom is 0.191 e. The van der Waals surface area contributed by atoms with Gasteiger partial charge in [-0.2, -0.15) is 0 Å². The maximum absolute atomic E-state index is 5.93. The van der Waals surface area contributed by atoms with E-state index >= 15 is 0 Å². The van der Waals surface area contributed by atoms with E-state index in [9.17, 15) is 0 Å². The summed E-state index contributed by atoms with van der Waals surface area (Å²) in [6, 6.07) is 0.432. The van der Waals surface area contributed by atoms with Gasteiger partial charge in [-0.15, -0.1) is 0 Å². The van der Waals surface area contributed by atoms with Crippen molar-refractivity contribution < 1.29 is 9.47 Å². The van der Waals surface area contributed by atoms with Gasteiger partial charge >= 0.3 is 0 Å². The monoisotopic (exact) mass is 324 g/mol. The third-order valence-electron chi connectivity index (χ3n) is 5.01. The van der Waals surface area contributed by atoms with E-state index in [2.05, 4.69) is 29.4 Å². The molecule has 2 N–H and O–H groups in total. The highest BCUT2D eigenvalue weighted by atomic mass is 16.5. The summed E-state index contributed by atoms with van der Waals surface area (Å²) >= 11 is 0. The minimum absolute atomic E-state index is 0.384. The standard InChI is InChI=1S/C17H32N4O2/c1-3-18-17(20-15-10-14-4-5-16(15)23-14)19-11-13(2)12-21-6-8-22-9-7-21/h13-16H,3-12H2,1-2H3,(H2,18,19,20). The van der Waals surface area contributed by atoms with Crippen molar-refractivity contribution in [2.45, 2.75) is 51.4 Å². The lowest BCUT2D eigenvalue weighted by Gasteiger charge is -2.28. The molecule has 4 unspecified atom stereocenters. The number of ether oxygens (including phenoxy) is 2. The molecule has 132 valence electrons. The van der Waals surface area contributed by atoms with E-state index in [4.69, 9.17) is 14.5 Å². The number of hydrogen-bond donors (Lipinski definition) is 2. The Kier molecular flexibility index (Phi) is 6.14. The second-order valence-electron chi connectivity index (χ2n) is 7.10. The molecule has 3 saturated heterocycles. The van der Waals surface area contributed by atoms with Crippen molar-refractivity contribution in [3.8, 4) is 0 Å². The van der Waals surface area contributed by atoms with Crippen LogP contribution in [0.1, 0.15) is 33.1 Å². The highest BCUT2D eigenvalue weighted by Gasteiger charge is 2.41. The summed E-state index contributed by atoms with van der Waals surface area (Å²) in [4.78, 5) is 7.29. The van der Waals surface area contributed by atoms with E-state index < -0.39 is 0 Å². The number of fused-ring (bicyclic) bond motifs is 2. The molecule has 0 aromatic rings. The topological polar surface area (TPSA) is 58.1 Å². The predicted molar refractivity (Wildman–Crippen MR) is 91.8 cm³/mol. The minimum atomic E-state index is 0.384. The van der Waals surface area contributed by atoms with Crippen LogP contribution in [0.5, 0.6) is 0 Å². The summed E-state index contributed by atoms with van der Waals surface area (Å²) in [5.41, 5.74) is 0. The zero-order valence-corrected chi connectivity index (χ0v) is 14.6. The third-order valence-corrected chi connectivity index (χ3v) is 5.01. The van der Waals surface area contributed by atoms with Crippen LogP contribution in [0, 0.1) is 5.92 Å². The van der Waals surface area contributed by atoms with Gasteiger partial charge in [-0.25, -0.2) is 0 Å². The van der Waals surface area contributed by atoms with Crippen LogP contribution < -0.4 is 10.6 Å². The highest BCUT2D eigenvalue weighted by molar-refractivity contribution is 5.80. The van der Waals surface area contributed by atoms with Crippen molar-refractivity contribution in [1.29, 1.82) is 0 Å². The molecule has 6 nitrogen and oxygen atoms in total. The first-order chi connectivity index (χ1) is 11.2. The molecule has 3 aliphatic heterocycles. The zero-order valence-electron chi connectivity index (χ0n) is 14.6. The van der Waals surface area contributed by atoms with Crippen LogP contribution in [0.15, 0.2) is 4.99 Å². The van der Waals surface area contributed by atoms with Crippen molar-refractivity contribution in [1.82, 2.24) is 15.5 Å². The molecule has 0 amide bonds. The average molecular weight is 324 g/mol. The van der Waals surface area contributed by atoms with E-state index in [1.54, 1.807) is 0 Å². The number of morpholine rings is 1. The summed E-state index contributed by atoms with van der Waals surface area (Å²) < 4.78 is 11.3. The summed E-state index contributed by atoms with van der Waals surface area (Å²) in [7, 11) is 0. The van der Waals surface area contributed by atoms with E-state index in [-0.39, 0.29) is 0 Å². The van der Waals surface area contributed by atoms with Crippen LogP contribution in [-0.4, -0.2) is 75.0 Å². The number of nitrogens with zero attached hydrogens (tertiary/aromatic N) is 2. The van der Waals surface area contributed by atoms with Gasteiger partial charge in [-0.05, 0) is 32.1 Å².